The van der Waals surface area contributed by atoms with E-state index in [0.717, 1.165) is 0 Å². The zero-order chi connectivity index (χ0) is 10.8. The maximum Gasteiger partial charge on any atom is 2.00 e. The first-order valence-electron chi connectivity index (χ1n) is 1.93. The molecule has 0 aromatic heterocycles. The molecule has 82 valence electrons. The summed E-state index contributed by atoms with van der Waals surface area (Å²) in [5, 5.41) is 30.3. The number of hydrogen-bond acceptors (Lipinski definition) is 6. The van der Waals surface area contributed by atoms with E-state index in [-0.39, 0.29) is 52.5 Å². The molecule has 14 heavy (non-hydrogen) atoms. The molecule has 8 nitrogen and oxygen atoms in total. The minimum Gasteiger partial charge on any atom is -0.554 e. The van der Waals surface area contributed by atoms with Crippen LogP contribution in [0.2, 0.25) is 0 Å². The van der Waals surface area contributed by atoms with Crippen LogP contribution in [0.5, 0.6) is 0 Å². The molecular formula is C4H6MgNiO8. The van der Waals surface area contributed by atoms with Crippen LogP contribution in [-0.4, -0.2) is 59.2 Å². The molecule has 0 rings (SSSR count). The van der Waals surface area contributed by atoms with Gasteiger partial charge in [-0.2, -0.15) is 0 Å². The summed E-state index contributed by atoms with van der Waals surface area (Å²) in [5.74, 6) is 0. The molecule has 0 bridgehead atoms. The molecule has 0 fully saturated rings. The van der Waals surface area contributed by atoms with Gasteiger partial charge in [0, 0.05) is 29.4 Å². The van der Waals surface area contributed by atoms with Crippen molar-refractivity contribution in [3.63, 3.8) is 0 Å². The molecule has 10 heteroatoms. The van der Waals surface area contributed by atoms with E-state index in [2.05, 4.69) is 0 Å². The number of carboxylic acid groups (broad SMARTS) is 4. The first kappa shape index (κ1) is 38.0. The van der Waals surface area contributed by atoms with Crippen molar-refractivity contribution >= 4 is 48.9 Å². The summed E-state index contributed by atoms with van der Waals surface area (Å²) in [7, 11) is 0. The van der Waals surface area contributed by atoms with Gasteiger partial charge in [-0.3, -0.25) is 9.59 Å². The second kappa shape index (κ2) is 153. The predicted octanol–water partition coefficient (Wildman–Crippen LogP) is -4.25. The number of carbonyl (C=O) groups excluding carboxylic acids is 2. The van der Waals surface area contributed by atoms with Crippen molar-refractivity contribution in [1.82, 2.24) is 0 Å². The van der Waals surface area contributed by atoms with E-state index in [1.165, 1.54) is 0 Å². The Bertz CT molecular complexity index is 75.3. The molecule has 0 atom stereocenters. The fourth-order valence-corrected chi connectivity index (χ4v) is 0. The van der Waals surface area contributed by atoms with Gasteiger partial charge in [-0.1, -0.05) is 0 Å². The second-order valence-electron chi connectivity index (χ2n) is 0.403. The Morgan fingerprint density at radius 3 is 0.786 bits per heavy atom. The summed E-state index contributed by atoms with van der Waals surface area (Å²) in [4.78, 5) is 33.2. The monoisotopic (exact) mass is 264 g/mol. The van der Waals surface area contributed by atoms with E-state index in [0.29, 0.717) is 0 Å². The van der Waals surface area contributed by atoms with E-state index in [4.69, 9.17) is 39.6 Å². The standard InChI is InChI=1S/4CH2O2.Mg.Ni/c4*2-1-3;;/h4*1H,(H,2,3);;/q;;;;+2;/p-2. The van der Waals surface area contributed by atoms with Crippen molar-refractivity contribution < 1.29 is 56.1 Å². The van der Waals surface area contributed by atoms with Crippen molar-refractivity contribution in [3.05, 3.63) is 0 Å². The average molecular weight is 265 g/mol. The van der Waals surface area contributed by atoms with E-state index in [1.807, 2.05) is 0 Å². The molecule has 0 radical (unpaired) electrons. The Kier molecular flexibility index (Phi) is 415. The van der Waals surface area contributed by atoms with Gasteiger partial charge >= 0.3 is 23.1 Å². The van der Waals surface area contributed by atoms with E-state index < -0.39 is 12.9 Å². The third kappa shape index (κ3) is 1550. The molecule has 0 spiro atoms. The maximum atomic E-state index is 8.36. The van der Waals surface area contributed by atoms with E-state index in [9.17, 15) is 0 Å². The first-order valence-corrected chi connectivity index (χ1v) is 1.93. The van der Waals surface area contributed by atoms with Gasteiger partial charge in [-0.25, -0.2) is 0 Å². The molecule has 0 saturated heterocycles. The van der Waals surface area contributed by atoms with Gasteiger partial charge in [0.1, 0.15) is 0 Å². The minimum absolute atomic E-state index is 0. The van der Waals surface area contributed by atoms with Crippen molar-refractivity contribution in [2.45, 2.75) is 0 Å². The van der Waals surface area contributed by atoms with Crippen LogP contribution in [0.15, 0.2) is 0 Å². The van der Waals surface area contributed by atoms with Crippen molar-refractivity contribution in [1.29, 1.82) is 0 Å². The van der Waals surface area contributed by atoms with Crippen LogP contribution in [0.3, 0.4) is 0 Å². The molecule has 0 aliphatic rings. The first-order chi connectivity index (χ1) is 5.66. The normalized spacial score (nSPS) is 3.43. The zero-order valence-electron chi connectivity index (χ0n) is 6.68. The van der Waals surface area contributed by atoms with Gasteiger partial charge in [-0.15, -0.1) is 0 Å². The Labute approximate surface area is 105 Å². The molecular weight excluding hydrogens is 259 g/mol. The van der Waals surface area contributed by atoms with Gasteiger partial charge in [0.2, 0.25) is 0 Å². The minimum atomic E-state index is -0.500. The molecule has 0 aromatic rings. The summed E-state index contributed by atoms with van der Waals surface area (Å²) < 4.78 is 0. The van der Waals surface area contributed by atoms with Crippen LogP contribution in [0, 0.1) is 0 Å². The van der Waals surface area contributed by atoms with E-state index >= 15 is 0 Å². The van der Waals surface area contributed by atoms with Gasteiger partial charge in [0.15, 0.2) is 0 Å². The largest absolute Gasteiger partial charge is 2.00 e. The summed E-state index contributed by atoms with van der Waals surface area (Å²) in [6, 6.07) is 0. The zero-order valence-corrected chi connectivity index (χ0v) is 9.08. The van der Waals surface area contributed by atoms with Crippen LogP contribution in [0.25, 0.3) is 0 Å². The maximum absolute atomic E-state index is 8.36. The Balaban J connectivity index is -0.0000000145. The Morgan fingerprint density at radius 1 is 0.786 bits per heavy atom. The van der Waals surface area contributed by atoms with Crippen molar-refractivity contribution in [2.24, 2.45) is 0 Å². The molecule has 0 aliphatic heterocycles. The summed E-state index contributed by atoms with van der Waals surface area (Å²) in [5.41, 5.74) is 0. The van der Waals surface area contributed by atoms with Crippen LogP contribution < -0.4 is 10.2 Å². The average Bonchev–Trinajstić information content (AvgIpc) is 1.92. The quantitative estimate of drug-likeness (QED) is 0.329. The Hall–Kier alpha value is -0.860. The van der Waals surface area contributed by atoms with Crippen molar-refractivity contribution in [2.75, 3.05) is 0 Å². The fourth-order valence-electron chi connectivity index (χ4n) is 0. The van der Waals surface area contributed by atoms with Crippen LogP contribution >= 0.6 is 0 Å². The summed E-state index contributed by atoms with van der Waals surface area (Å²) in [6.45, 7) is -1.50. The third-order valence-electron chi connectivity index (χ3n) is 0. The molecule has 0 saturated carbocycles. The van der Waals surface area contributed by atoms with Crippen LogP contribution in [-0.2, 0) is 35.7 Å². The fraction of sp³-hybridized carbons (Fsp3) is 0. The molecule has 2 N–H and O–H groups in total. The van der Waals surface area contributed by atoms with Gasteiger partial charge in [-0.05, 0) is 0 Å². The molecule has 0 aromatic carbocycles. The molecule has 0 heterocycles. The molecule has 0 aliphatic carbocycles. The third-order valence-corrected chi connectivity index (χ3v) is 0. The van der Waals surface area contributed by atoms with Crippen LogP contribution in [0.4, 0.5) is 0 Å². The Morgan fingerprint density at radius 2 is 0.786 bits per heavy atom. The SMILES string of the molecule is O=CO.O=CO.O=C[O-].O=C[O-].[Mg+2].[Ni]. The van der Waals surface area contributed by atoms with Gasteiger partial charge in [0.05, 0.1) is 0 Å². The van der Waals surface area contributed by atoms with Gasteiger partial charge in [0.25, 0.3) is 12.9 Å². The van der Waals surface area contributed by atoms with Crippen LogP contribution in [0.1, 0.15) is 0 Å². The molecule has 0 unspecified atom stereocenters. The number of carbonyl (C=O) groups is 4. The van der Waals surface area contributed by atoms with E-state index in [1.54, 1.807) is 0 Å². The molecule has 0 amide bonds. The second-order valence-corrected chi connectivity index (χ2v) is 0.403. The van der Waals surface area contributed by atoms with Crippen molar-refractivity contribution in [3.8, 4) is 0 Å². The predicted molar refractivity (Wildman–Crippen MR) is 35.3 cm³/mol. The summed E-state index contributed by atoms with van der Waals surface area (Å²) in [6.07, 6.45) is 0. The number of rotatable bonds is 0. The number of hydrogen-bond donors (Lipinski definition) is 2. The van der Waals surface area contributed by atoms with Gasteiger partial charge < -0.3 is 30.0 Å². The smallest absolute Gasteiger partial charge is 0.554 e. The topological polar surface area (TPSA) is 155 Å². The summed E-state index contributed by atoms with van der Waals surface area (Å²) >= 11 is 0.